The van der Waals surface area contributed by atoms with E-state index in [0.717, 1.165) is 61.0 Å². The number of anilines is 1. The molecule has 1 fully saturated rings. The summed E-state index contributed by atoms with van der Waals surface area (Å²) < 4.78 is 17.0. The molecular formula is C23H27N3O4S. The largest absolute Gasteiger partial charge is 0.497 e. The maximum atomic E-state index is 13.4. The van der Waals surface area contributed by atoms with E-state index in [-0.39, 0.29) is 5.91 Å². The standard InChI is InChI=1S/C23H27N3O4S/c1-28-18-6-4-17(5-7-18)22(27)26(11-3-10-25-12-14-30-15-13-25)23-24-20-9-8-19(29-2)16-21(20)31-23/h4-9,16H,3,10-15H2,1-2H3. The molecule has 0 saturated carbocycles. The minimum absolute atomic E-state index is 0.0596. The van der Waals surface area contributed by atoms with E-state index < -0.39 is 0 Å². The molecule has 164 valence electrons. The Hall–Kier alpha value is -2.68. The predicted octanol–water partition coefficient (Wildman–Crippen LogP) is 3.68. The highest BCUT2D eigenvalue weighted by atomic mass is 32.1. The molecule has 1 aliphatic heterocycles. The average Bonchev–Trinajstić information content (AvgIpc) is 3.25. The van der Waals surface area contributed by atoms with Crippen LogP contribution in [0, 0.1) is 0 Å². The Labute approximate surface area is 186 Å². The molecule has 0 N–H and O–H groups in total. The molecule has 0 spiro atoms. The molecule has 2 heterocycles. The number of hydrogen-bond donors (Lipinski definition) is 0. The Balaban J connectivity index is 1.57. The molecule has 1 aliphatic rings. The van der Waals surface area contributed by atoms with Crippen LogP contribution in [0.1, 0.15) is 16.8 Å². The molecule has 0 atom stereocenters. The van der Waals surface area contributed by atoms with Crippen molar-refractivity contribution in [1.29, 1.82) is 0 Å². The number of ether oxygens (including phenoxy) is 3. The van der Waals surface area contributed by atoms with Gasteiger partial charge in [-0.2, -0.15) is 0 Å². The summed E-state index contributed by atoms with van der Waals surface area (Å²) in [7, 11) is 3.26. The van der Waals surface area contributed by atoms with E-state index in [2.05, 4.69) is 4.90 Å². The predicted molar refractivity (Wildman–Crippen MR) is 123 cm³/mol. The minimum Gasteiger partial charge on any atom is -0.497 e. The summed E-state index contributed by atoms with van der Waals surface area (Å²) in [5, 5.41) is 0.700. The quantitative estimate of drug-likeness (QED) is 0.531. The van der Waals surface area contributed by atoms with Gasteiger partial charge in [0.05, 0.1) is 37.6 Å². The summed E-state index contributed by atoms with van der Waals surface area (Å²) in [6.45, 7) is 4.94. The number of aromatic nitrogens is 1. The van der Waals surface area contributed by atoms with Gasteiger partial charge in [0.1, 0.15) is 11.5 Å². The zero-order valence-electron chi connectivity index (χ0n) is 17.9. The van der Waals surface area contributed by atoms with Crippen molar-refractivity contribution in [2.75, 3.05) is 58.5 Å². The number of fused-ring (bicyclic) bond motifs is 1. The lowest BCUT2D eigenvalue weighted by Gasteiger charge is -2.27. The minimum atomic E-state index is -0.0596. The van der Waals surface area contributed by atoms with Crippen LogP contribution in [0.15, 0.2) is 42.5 Å². The third kappa shape index (κ3) is 5.15. The number of nitrogens with zero attached hydrogens (tertiary/aromatic N) is 3. The van der Waals surface area contributed by atoms with Crippen LogP contribution in [0.25, 0.3) is 10.2 Å². The smallest absolute Gasteiger partial charge is 0.260 e. The highest BCUT2D eigenvalue weighted by molar-refractivity contribution is 7.22. The Bertz CT molecular complexity index is 1020. The zero-order valence-corrected chi connectivity index (χ0v) is 18.7. The maximum Gasteiger partial charge on any atom is 0.260 e. The molecular weight excluding hydrogens is 414 g/mol. The van der Waals surface area contributed by atoms with Gasteiger partial charge in [0.25, 0.3) is 5.91 Å². The van der Waals surface area contributed by atoms with Gasteiger partial charge < -0.3 is 14.2 Å². The zero-order chi connectivity index (χ0) is 21.6. The van der Waals surface area contributed by atoms with Crippen LogP contribution in [0.2, 0.25) is 0 Å². The van der Waals surface area contributed by atoms with E-state index in [4.69, 9.17) is 19.2 Å². The molecule has 0 aliphatic carbocycles. The van der Waals surface area contributed by atoms with E-state index in [9.17, 15) is 4.79 Å². The van der Waals surface area contributed by atoms with E-state index in [1.165, 1.54) is 11.3 Å². The number of rotatable bonds is 8. The summed E-state index contributed by atoms with van der Waals surface area (Å²) in [5.41, 5.74) is 1.48. The summed E-state index contributed by atoms with van der Waals surface area (Å²) >= 11 is 1.51. The van der Waals surface area contributed by atoms with Crippen molar-refractivity contribution in [3.8, 4) is 11.5 Å². The van der Waals surface area contributed by atoms with Gasteiger partial charge in [-0.3, -0.25) is 14.6 Å². The number of methoxy groups -OCH3 is 2. The molecule has 31 heavy (non-hydrogen) atoms. The first-order valence-corrected chi connectivity index (χ1v) is 11.2. The average molecular weight is 442 g/mol. The molecule has 7 nitrogen and oxygen atoms in total. The second-order valence-corrected chi connectivity index (χ2v) is 8.33. The summed E-state index contributed by atoms with van der Waals surface area (Å²) in [6.07, 6.45) is 0.862. The van der Waals surface area contributed by atoms with Crippen molar-refractivity contribution in [3.63, 3.8) is 0 Å². The fourth-order valence-electron chi connectivity index (χ4n) is 3.59. The first-order chi connectivity index (χ1) is 15.2. The topological polar surface area (TPSA) is 64.1 Å². The molecule has 0 unspecified atom stereocenters. The van der Waals surface area contributed by atoms with Crippen LogP contribution in [0.5, 0.6) is 11.5 Å². The molecule has 1 aromatic heterocycles. The number of benzene rings is 2. The van der Waals surface area contributed by atoms with Gasteiger partial charge in [-0.05, 0) is 48.9 Å². The molecule has 1 amide bonds. The highest BCUT2D eigenvalue weighted by Crippen LogP contribution is 2.32. The Morgan fingerprint density at radius 3 is 2.52 bits per heavy atom. The number of hydrogen-bond acceptors (Lipinski definition) is 7. The van der Waals surface area contributed by atoms with Crippen molar-refractivity contribution < 1.29 is 19.0 Å². The van der Waals surface area contributed by atoms with Gasteiger partial charge >= 0.3 is 0 Å². The Kier molecular flexibility index (Phi) is 7.01. The lowest BCUT2D eigenvalue weighted by molar-refractivity contribution is 0.0376. The monoisotopic (exact) mass is 441 g/mol. The van der Waals surface area contributed by atoms with Crippen LogP contribution >= 0.6 is 11.3 Å². The molecule has 8 heteroatoms. The molecule has 3 aromatic rings. The molecule has 4 rings (SSSR count). The van der Waals surface area contributed by atoms with Crippen molar-refractivity contribution in [3.05, 3.63) is 48.0 Å². The third-order valence-corrected chi connectivity index (χ3v) is 6.40. The van der Waals surface area contributed by atoms with E-state index in [1.807, 2.05) is 30.3 Å². The van der Waals surface area contributed by atoms with Crippen molar-refractivity contribution in [2.45, 2.75) is 6.42 Å². The molecule has 1 saturated heterocycles. The van der Waals surface area contributed by atoms with Gasteiger partial charge in [0.2, 0.25) is 0 Å². The van der Waals surface area contributed by atoms with E-state index >= 15 is 0 Å². The first-order valence-electron chi connectivity index (χ1n) is 10.4. The Morgan fingerprint density at radius 2 is 1.81 bits per heavy atom. The molecule has 0 bridgehead atoms. The lowest BCUT2D eigenvalue weighted by atomic mass is 10.2. The van der Waals surface area contributed by atoms with E-state index in [0.29, 0.717) is 17.2 Å². The molecule has 2 aromatic carbocycles. The molecule has 0 radical (unpaired) electrons. The van der Waals surface area contributed by atoms with Gasteiger partial charge in [-0.1, -0.05) is 11.3 Å². The second-order valence-electron chi connectivity index (χ2n) is 7.32. The van der Waals surface area contributed by atoms with Crippen LogP contribution in [-0.4, -0.2) is 69.4 Å². The van der Waals surface area contributed by atoms with E-state index in [1.54, 1.807) is 31.3 Å². The third-order valence-electron chi connectivity index (χ3n) is 5.36. The summed E-state index contributed by atoms with van der Waals surface area (Å²) in [6, 6.07) is 13.0. The number of carbonyl (C=O) groups is 1. The van der Waals surface area contributed by atoms with Crippen LogP contribution < -0.4 is 14.4 Å². The van der Waals surface area contributed by atoms with Gasteiger partial charge in [0, 0.05) is 31.7 Å². The van der Waals surface area contributed by atoms with Crippen LogP contribution in [0.3, 0.4) is 0 Å². The lowest BCUT2D eigenvalue weighted by Crippen LogP contribution is -2.39. The van der Waals surface area contributed by atoms with Crippen molar-refractivity contribution in [2.24, 2.45) is 0 Å². The van der Waals surface area contributed by atoms with Crippen molar-refractivity contribution in [1.82, 2.24) is 9.88 Å². The number of carbonyl (C=O) groups excluding carboxylic acids is 1. The highest BCUT2D eigenvalue weighted by Gasteiger charge is 2.22. The van der Waals surface area contributed by atoms with Gasteiger partial charge in [-0.15, -0.1) is 0 Å². The van der Waals surface area contributed by atoms with Crippen molar-refractivity contribution >= 4 is 32.6 Å². The SMILES string of the molecule is COc1ccc(C(=O)N(CCCN2CCOCC2)c2nc3ccc(OC)cc3s2)cc1. The van der Waals surface area contributed by atoms with Gasteiger partial charge in [-0.25, -0.2) is 4.98 Å². The number of thiazole rings is 1. The fraction of sp³-hybridized carbons (Fsp3) is 0.391. The summed E-state index contributed by atoms with van der Waals surface area (Å²) in [4.78, 5) is 22.3. The summed E-state index contributed by atoms with van der Waals surface area (Å²) in [5.74, 6) is 1.45. The number of morpholine rings is 1. The first kappa shape index (κ1) is 21.5. The fourth-order valence-corrected chi connectivity index (χ4v) is 4.60. The second kappa shape index (κ2) is 10.1. The Morgan fingerprint density at radius 1 is 1.10 bits per heavy atom. The normalized spacial score (nSPS) is 14.5. The van der Waals surface area contributed by atoms with Crippen LogP contribution in [-0.2, 0) is 4.74 Å². The maximum absolute atomic E-state index is 13.4. The number of amides is 1. The van der Waals surface area contributed by atoms with Crippen LogP contribution in [0.4, 0.5) is 5.13 Å². The van der Waals surface area contributed by atoms with Gasteiger partial charge in [0.15, 0.2) is 5.13 Å².